The van der Waals surface area contributed by atoms with Crippen molar-refractivity contribution in [3.63, 3.8) is 0 Å². The van der Waals surface area contributed by atoms with Gasteiger partial charge in [-0.05, 0) is 20.8 Å². The summed E-state index contributed by atoms with van der Waals surface area (Å²) in [7, 11) is 1.27. The lowest BCUT2D eigenvalue weighted by atomic mass is 10.2. The molecule has 2 N–H and O–H groups in total. The lowest BCUT2D eigenvalue weighted by Gasteiger charge is -2.19. The highest BCUT2D eigenvalue weighted by Gasteiger charge is 2.20. The molecule has 106 valence electrons. The van der Waals surface area contributed by atoms with Crippen molar-refractivity contribution in [2.45, 2.75) is 26.4 Å². The first-order valence-electron chi connectivity index (χ1n) is 5.54. The second-order valence-corrected chi connectivity index (χ2v) is 5.59. The van der Waals surface area contributed by atoms with E-state index in [4.69, 9.17) is 15.2 Å². The van der Waals surface area contributed by atoms with Crippen LogP contribution < -0.4 is 10.5 Å². The predicted octanol–water partition coefficient (Wildman–Crippen LogP) is 1.84. The number of hydrogen-bond donors (Lipinski definition) is 1. The van der Waals surface area contributed by atoms with Crippen LogP contribution in [0.15, 0.2) is 5.38 Å². The van der Waals surface area contributed by atoms with Gasteiger partial charge in [-0.2, -0.15) is 0 Å². The molecule has 0 atom stereocenters. The van der Waals surface area contributed by atoms with Crippen molar-refractivity contribution in [3.05, 3.63) is 10.3 Å². The number of carbonyl (C=O) groups is 2. The van der Waals surface area contributed by atoms with Crippen LogP contribution in [0, 0.1) is 0 Å². The lowest BCUT2D eigenvalue weighted by molar-refractivity contribution is -0.157. The Morgan fingerprint density at radius 3 is 2.53 bits per heavy atom. The Morgan fingerprint density at radius 2 is 2.00 bits per heavy atom. The van der Waals surface area contributed by atoms with E-state index in [-0.39, 0.29) is 22.9 Å². The molecule has 0 bridgehead atoms. The molecule has 0 radical (unpaired) electrons. The minimum absolute atomic E-state index is 0.167. The van der Waals surface area contributed by atoms with E-state index in [2.05, 4.69) is 4.74 Å². The number of nitrogen functional groups attached to an aromatic ring is 1. The van der Waals surface area contributed by atoms with Gasteiger partial charge in [0.2, 0.25) is 0 Å². The maximum atomic E-state index is 11.5. The number of thiophene rings is 1. The first kappa shape index (κ1) is 15.3. The summed E-state index contributed by atoms with van der Waals surface area (Å²) >= 11 is 1.10. The van der Waals surface area contributed by atoms with Crippen molar-refractivity contribution in [2.75, 3.05) is 19.5 Å². The zero-order valence-corrected chi connectivity index (χ0v) is 12.1. The molecule has 1 aromatic heterocycles. The smallest absolute Gasteiger partial charge is 0.350 e. The summed E-state index contributed by atoms with van der Waals surface area (Å²) in [5, 5.41) is 1.55. The molecule has 0 aliphatic heterocycles. The highest BCUT2D eigenvalue weighted by molar-refractivity contribution is 7.13. The molecular weight excluding hydrogens is 270 g/mol. The Bertz CT molecular complexity index is 475. The van der Waals surface area contributed by atoms with E-state index in [1.54, 1.807) is 26.2 Å². The van der Waals surface area contributed by atoms with Gasteiger partial charge in [-0.1, -0.05) is 0 Å². The number of anilines is 1. The van der Waals surface area contributed by atoms with Gasteiger partial charge in [0.25, 0.3) is 0 Å². The van der Waals surface area contributed by atoms with E-state index >= 15 is 0 Å². The first-order chi connectivity index (χ1) is 8.74. The normalized spacial score (nSPS) is 10.9. The SMILES string of the molecule is COC(=O)c1scc(OCC(=O)OC(C)(C)C)c1N. The van der Waals surface area contributed by atoms with Crippen LogP contribution in [-0.4, -0.2) is 31.3 Å². The molecule has 0 aliphatic rings. The zero-order valence-electron chi connectivity index (χ0n) is 11.3. The minimum Gasteiger partial charge on any atom is -0.479 e. The zero-order chi connectivity index (χ0) is 14.6. The maximum Gasteiger partial charge on any atom is 0.350 e. The molecule has 1 rings (SSSR count). The van der Waals surface area contributed by atoms with Crippen LogP contribution in [0.5, 0.6) is 5.75 Å². The third-order valence-electron chi connectivity index (χ3n) is 1.93. The van der Waals surface area contributed by atoms with Crippen molar-refractivity contribution < 1.29 is 23.8 Å². The number of carbonyl (C=O) groups excluding carboxylic acids is 2. The fraction of sp³-hybridized carbons (Fsp3) is 0.500. The molecule has 6 nitrogen and oxygen atoms in total. The highest BCUT2D eigenvalue weighted by atomic mass is 32.1. The molecule has 0 amide bonds. The van der Waals surface area contributed by atoms with Crippen LogP contribution >= 0.6 is 11.3 Å². The molecule has 19 heavy (non-hydrogen) atoms. The number of ether oxygens (including phenoxy) is 3. The van der Waals surface area contributed by atoms with Crippen LogP contribution in [0.4, 0.5) is 5.69 Å². The number of hydrogen-bond acceptors (Lipinski definition) is 7. The molecule has 1 aromatic rings. The Hall–Kier alpha value is -1.76. The molecule has 0 unspecified atom stereocenters. The maximum absolute atomic E-state index is 11.5. The van der Waals surface area contributed by atoms with Gasteiger partial charge in [0, 0.05) is 5.38 Å². The van der Waals surface area contributed by atoms with Gasteiger partial charge in [-0.25, -0.2) is 9.59 Å². The van der Waals surface area contributed by atoms with Crippen LogP contribution in [0.3, 0.4) is 0 Å². The summed E-state index contributed by atoms with van der Waals surface area (Å²) in [6.07, 6.45) is 0. The molecule has 7 heteroatoms. The van der Waals surface area contributed by atoms with Crippen molar-refractivity contribution >= 4 is 29.0 Å². The fourth-order valence-corrected chi connectivity index (χ4v) is 2.05. The van der Waals surface area contributed by atoms with Crippen molar-refractivity contribution in [1.82, 2.24) is 0 Å². The molecule has 0 aliphatic carbocycles. The van der Waals surface area contributed by atoms with Crippen LogP contribution in [0.2, 0.25) is 0 Å². The number of rotatable bonds is 4. The second-order valence-electron chi connectivity index (χ2n) is 4.71. The van der Waals surface area contributed by atoms with Gasteiger partial charge in [0.1, 0.15) is 10.5 Å². The highest BCUT2D eigenvalue weighted by Crippen LogP contribution is 2.32. The van der Waals surface area contributed by atoms with Gasteiger partial charge >= 0.3 is 11.9 Å². The number of methoxy groups -OCH3 is 1. The quantitative estimate of drug-likeness (QED) is 0.850. The monoisotopic (exact) mass is 287 g/mol. The average Bonchev–Trinajstić information content (AvgIpc) is 2.65. The van der Waals surface area contributed by atoms with Crippen LogP contribution in [0.1, 0.15) is 30.4 Å². The molecule has 0 saturated heterocycles. The van der Waals surface area contributed by atoms with Crippen molar-refractivity contribution in [3.8, 4) is 5.75 Å². The molecule has 1 heterocycles. The molecule has 0 saturated carbocycles. The summed E-state index contributed by atoms with van der Waals surface area (Å²) in [6.45, 7) is 5.02. The summed E-state index contributed by atoms with van der Waals surface area (Å²) in [6, 6.07) is 0. The second kappa shape index (κ2) is 5.92. The third kappa shape index (κ3) is 4.44. The predicted molar refractivity (Wildman–Crippen MR) is 71.4 cm³/mol. The molecular formula is C12H17NO5S. The van der Waals surface area contributed by atoms with Crippen molar-refractivity contribution in [2.24, 2.45) is 0 Å². The number of esters is 2. The van der Waals surface area contributed by atoms with E-state index in [0.717, 1.165) is 11.3 Å². The molecule has 0 fully saturated rings. The van der Waals surface area contributed by atoms with Gasteiger partial charge < -0.3 is 19.9 Å². The van der Waals surface area contributed by atoms with Gasteiger partial charge in [-0.3, -0.25) is 0 Å². The van der Waals surface area contributed by atoms with Gasteiger partial charge in [-0.15, -0.1) is 11.3 Å². The topological polar surface area (TPSA) is 87.8 Å². The van der Waals surface area contributed by atoms with E-state index in [1.807, 2.05) is 0 Å². The summed E-state index contributed by atoms with van der Waals surface area (Å²) in [4.78, 5) is 23.0. The van der Waals surface area contributed by atoms with Crippen LogP contribution in [0.25, 0.3) is 0 Å². The summed E-state index contributed by atoms with van der Waals surface area (Å²) in [5.41, 5.74) is 5.32. The van der Waals surface area contributed by atoms with Crippen molar-refractivity contribution in [1.29, 1.82) is 0 Å². The van der Waals surface area contributed by atoms with E-state index < -0.39 is 17.5 Å². The average molecular weight is 287 g/mol. The fourth-order valence-electron chi connectivity index (χ4n) is 1.22. The van der Waals surface area contributed by atoms with E-state index in [1.165, 1.54) is 7.11 Å². The van der Waals surface area contributed by atoms with Gasteiger partial charge in [0.05, 0.1) is 12.8 Å². The third-order valence-corrected chi connectivity index (χ3v) is 2.88. The standard InChI is InChI=1S/C12H17NO5S/c1-12(2,3)18-8(14)5-17-7-6-19-10(9(7)13)11(15)16-4/h6H,5,13H2,1-4H3. The number of nitrogens with two attached hydrogens (primary N) is 1. The first-order valence-corrected chi connectivity index (χ1v) is 6.42. The molecule has 0 aromatic carbocycles. The Morgan fingerprint density at radius 1 is 1.37 bits per heavy atom. The minimum atomic E-state index is -0.572. The van der Waals surface area contributed by atoms with E-state index in [0.29, 0.717) is 0 Å². The van der Waals surface area contributed by atoms with Crippen LogP contribution in [-0.2, 0) is 14.3 Å². The summed E-state index contributed by atoms with van der Waals surface area (Å²) < 4.78 is 14.9. The van der Waals surface area contributed by atoms with Gasteiger partial charge in [0.15, 0.2) is 12.4 Å². The van der Waals surface area contributed by atoms with E-state index in [9.17, 15) is 9.59 Å². The summed E-state index contributed by atoms with van der Waals surface area (Å²) in [5.74, 6) is -0.761. The largest absolute Gasteiger partial charge is 0.479 e. The Balaban J connectivity index is 2.62. The lowest BCUT2D eigenvalue weighted by Crippen LogP contribution is -2.27. The Kier molecular flexibility index (Phi) is 4.77. The molecule has 0 spiro atoms. The Labute approximate surface area is 115 Å².